The molecule has 2 heterocycles. The molecular weight excluding hydrogens is 500 g/mol. The molecule has 2 aromatic carbocycles. The summed E-state index contributed by atoms with van der Waals surface area (Å²) >= 11 is 24.0. The average Bonchev–Trinajstić information content (AvgIpc) is 2.69. The van der Waals surface area contributed by atoms with Crippen molar-refractivity contribution in [2.24, 2.45) is 0 Å². The minimum Gasteiger partial charge on any atom is -0.326 e. The Kier molecular flexibility index (Phi) is 6.30. The number of amides is 2. The van der Waals surface area contributed by atoms with E-state index in [1.165, 1.54) is 12.1 Å². The van der Waals surface area contributed by atoms with Crippen LogP contribution in [0.3, 0.4) is 0 Å². The van der Waals surface area contributed by atoms with Crippen LogP contribution in [-0.2, 0) is 9.59 Å². The molecule has 1 aliphatic rings. The molecule has 0 radical (unpaired) electrons. The molecule has 32 heavy (non-hydrogen) atoms. The van der Waals surface area contributed by atoms with Gasteiger partial charge in [-0.15, -0.1) is 0 Å². The molecule has 0 spiro atoms. The Bertz CT molecular complexity index is 1290. The van der Waals surface area contributed by atoms with E-state index in [0.29, 0.717) is 20.8 Å². The minimum absolute atomic E-state index is 0.0231. The minimum atomic E-state index is -1.08. The molecule has 0 unspecified atom stereocenters. The van der Waals surface area contributed by atoms with Gasteiger partial charge in [-0.2, -0.15) is 4.98 Å². The van der Waals surface area contributed by atoms with E-state index in [-0.39, 0.29) is 34.5 Å². The number of carbonyl (C=O) groups is 2. The lowest BCUT2D eigenvalue weighted by Gasteiger charge is -2.24. The summed E-state index contributed by atoms with van der Waals surface area (Å²) in [6.45, 7) is 0. The number of carbonyl (C=O) groups excluding carboxylic acids is 2. The van der Waals surface area contributed by atoms with Gasteiger partial charge in [0.25, 0.3) is 5.56 Å². The average molecular weight is 513 g/mol. The van der Waals surface area contributed by atoms with Crippen molar-refractivity contribution in [3.8, 4) is 0 Å². The van der Waals surface area contributed by atoms with Crippen LogP contribution in [0.1, 0.15) is 17.9 Å². The van der Waals surface area contributed by atoms with E-state index in [4.69, 9.17) is 46.4 Å². The number of hydrogen-bond acceptors (Lipinski definition) is 5. The highest BCUT2D eigenvalue weighted by Gasteiger charge is 2.35. The number of nitrogens with one attached hydrogen (secondary N) is 4. The third-order valence-electron chi connectivity index (χ3n) is 4.58. The molecule has 0 aliphatic carbocycles. The topological polar surface area (TPSA) is 116 Å². The summed E-state index contributed by atoms with van der Waals surface area (Å²) < 4.78 is 0. The van der Waals surface area contributed by atoms with Gasteiger partial charge in [-0.25, -0.2) is 0 Å². The Morgan fingerprint density at radius 2 is 1.72 bits per heavy atom. The molecular formula is C20H13Cl4N5O3. The summed E-state index contributed by atoms with van der Waals surface area (Å²) in [5.41, 5.74) is 0.160. The van der Waals surface area contributed by atoms with Gasteiger partial charge in [0.1, 0.15) is 5.82 Å². The fourth-order valence-electron chi connectivity index (χ4n) is 3.23. The van der Waals surface area contributed by atoms with Crippen molar-refractivity contribution in [2.45, 2.75) is 12.3 Å². The molecule has 3 aromatic rings. The second-order valence-electron chi connectivity index (χ2n) is 6.88. The van der Waals surface area contributed by atoms with Gasteiger partial charge in [0, 0.05) is 27.2 Å². The number of aromatic nitrogens is 2. The number of benzene rings is 2. The standard InChI is InChI=1S/C20H13Cl4N5O3/c21-8-1-2-13(24)14(6-8)26-18(31)12-7-15(30)27-17-16(12)19(32)29-20(28-17)25-11-4-9(22)3-10(23)5-11/h1-6,12H,7H2,(H,26,31)(H3,25,27,28,29,30,32)/t12-/m0/s1. The number of halogens is 4. The lowest BCUT2D eigenvalue weighted by molar-refractivity contribution is -0.123. The third-order valence-corrected chi connectivity index (χ3v) is 5.58. The number of fused-ring (bicyclic) bond motifs is 1. The second-order valence-corrected chi connectivity index (χ2v) is 8.59. The Hall–Kier alpha value is -2.78. The Morgan fingerprint density at radius 1 is 1.00 bits per heavy atom. The molecule has 2 amide bonds. The van der Waals surface area contributed by atoms with Gasteiger partial charge < -0.3 is 16.0 Å². The summed E-state index contributed by atoms with van der Waals surface area (Å²) in [7, 11) is 0. The van der Waals surface area contributed by atoms with Gasteiger partial charge >= 0.3 is 0 Å². The highest BCUT2D eigenvalue weighted by Crippen LogP contribution is 2.32. The molecule has 4 N–H and O–H groups in total. The normalized spacial score (nSPS) is 15.0. The maximum absolute atomic E-state index is 12.9. The van der Waals surface area contributed by atoms with Gasteiger partial charge in [0.05, 0.1) is 22.2 Å². The highest BCUT2D eigenvalue weighted by atomic mass is 35.5. The number of anilines is 4. The Balaban J connectivity index is 1.66. The van der Waals surface area contributed by atoms with Crippen LogP contribution in [0.25, 0.3) is 0 Å². The molecule has 0 saturated heterocycles. The maximum atomic E-state index is 12.9. The SMILES string of the molecule is O=C1C[C@H](C(=O)Nc2cc(Cl)ccc2Cl)c2c(nc(Nc3cc(Cl)cc(Cl)c3)[nH]c2=O)N1. The first-order chi connectivity index (χ1) is 15.2. The fraction of sp³-hybridized carbons (Fsp3) is 0.100. The number of hydrogen-bond donors (Lipinski definition) is 4. The molecule has 0 fully saturated rings. The van der Waals surface area contributed by atoms with E-state index >= 15 is 0 Å². The molecule has 1 atom stereocenters. The van der Waals surface area contributed by atoms with E-state index in [1.807, 2.05) is 0 Å². The lowest BCUT2D eigenvalue weighted by atomic mass is 9.92. The van der Waals surface area contributed by atoms with Crippen LogP contribution in [0.2, 0.25) is 20.1 Å². The number of nitrogens with zero attached hydrogens (tertiary/aromatic N) is 1. The van der Waals surface area contributed by atoms with Crippen molar-refractivity contribution in [1.82, 2.24) is 9.97 Å². The summed E-state index contributed by atoms with van der Waals surface area (Å²) in [5, 5.41) is 9.40. The molecule has 164 valence electrons. The predicted molar refractivity (Wildman–Crippen MR) is 126 cm³/mol. The Morgan fingerprint density at radius 3 is 2.44 bits per heavy atom. The summed E-state index contributed by atoms with van der Waals surface area (Å²) in [6, 6.07) is 9.27. The van der Waals surface area contributed by atoms with Gasteiger partial charge in [-0.1, -0.05) is 46.4 Å². The van der Waals surface area contributed by atoms with E-state index < -0.39 is 23.3 Å². The molecule has 8 nitrogen and oxygen atoms in total. The molecule has 12 heteroatoms. The van der Waals surface area contributed by atoms with Crippen LogP contribution in [0.15, 0.2) is 41.2 Å². The van der Waals surface area contributed by atoms with Gasteiger partial charge in [-0.3, -0.25) is 19.4 Å². The quantitative estimate of drug-likeness (QED) is 0.383. The van der Waals surface area contributed by atoms with Crippen LogP contribution >= 0.6 is 46.4 Å². The van der Waals surface area contributed by atoms with Gasteiger partial charge in [0.2, 0.25) is 17.8 Å². The number of aromatic amines is 1. The molecule has 0 bridgehead atoms. The van der Waals surface area contributed by atoms with Crippen molar-refractivity contribution >= 4 is 81.4 Å². The largest absolute Gasteiger partial charge is 0.326 e. The van der Waals surface area contributed by atoms with Crippen molar-refractivity contribution in [3.63, 3.8) is 0 Å². The van der Waals surface area contributed by atoms with Crippen molar-refractivity contribution in [3.05, 3.63) is 72.4 Å². The molecule has 1 aromatic heterocycles. The smallest absolute Gasteiger partial charge is 0.258 e. The summed E-state index contributed by atoms with van der Waals surface area (Å²) in [4.78, 5) is 44.8. The van der Waals surface area contributed by atoms with E-state index in [1.54, 1.807) is 24.3 Å². The van der Waals surface area contributed by atoms with Gasteiger partial charge in [0.15, 0.2) is 0 Å². The Labute approximate surface area is 201 Å². The van der Waals surface area contributed by atoms with Crippen LogP contribution in [0.4, 0.5) is 23.1 Å². The second kappa shape index (κ2) is 8.99. The zero-order valence-corrected chi connectivity index (χ0v) is 19.0. The van der Waals surface area contributed by atoms with E-state index in [0.717, 1.165) is 0 Å². The summed E-state index contributed by atoms with van der Waals surface area (Å²) in [6.07, 6.45) is -0.238. The molecule has 4 rings (SSSR count). The highest BCUT2D eigenvalue weighted by molar-refractivity contribution is 6.36. The zero-order valence-electron chi connectivity index (χ0n) is 15.9. The predicted octanol–water partition coefficient (Wildman–Crippen LogP) is 5.19. The van der Waals surface area contributed by atoms with Crippen molar-refractivity contribution < 1.29 is 9.59 Å². The number of rotatable bonds is 4. The van der Waals surface area contributed by atoms with Crippen LogP contribution in [0.5, 0.6) is 0 Å². The molecule has 0 saturated carbocycles. The third kappa shape index (κ3) is 4.83. The lowest BCUT2D eigenvalue weighted by Crippen LogP contribution is -2.36. The number of H-pyrrole nitrogens is 1. The van der Waals surface area contributed by atoms with E-state index in [2.05, 4.69) is 25.9 Å². The van der Waals surface area contributed by atoms with E-state index in [9.17, 15) is 14.4 Å². The van der Waals surface area contributed by atoms with Crippen LogP contribution in [0, 0.1) is 0 Å². The summed E-state index contributed by atoms with van der Waals surface area (Å²) in [5.74, 6) is -2.14. The molecule has 1 aliphatic heterocycles. The first-order valence-electron chi connectivity index (χ1n) is 9.12. The zero-order chi connectivity index (χ0) is 23.0. The maximum Gasteiger partial charge on any atom is 0.258 e. The monoisotopic (exact) mass is 511 g/mol. The first-order valence-corrected chi connectivity index (χ1v) is 10.6. The van der Waals surface area contributed by atoms with Crippen molar-refractivity contribution in [1.29, 1.82) is 0 Å². The van der Waals surface area contributed by atoms with Crippen molar-refractivity contribution in [2.75, 3.05) is 16.0 Å². The van der Waals surface area contributed by atoms with Crippen LogP contribution in [-0.4, -0.2) is 21.8 Å². The first kappa shape index (κ1) is 22.4. The fourth-order valence-corrected chi connectivity index (χ4v) is 4.09. The van der Waals surface area contributed by atoms with Gasteiger partial charge in [-0.05, 0) is 36.4 Å². The van der Waals surface area contributed by atoms with Crippen LogP contribution < -0.4 is 21.5 Å².